The van der Waals surface area contributed by atoms with E-state index in [1.165, 1.54) is 12.4 Å². The molecule has 0 amide bonds. The second-order valence-electron chi connectivity index (χ2n) is 1.97. The molecule has 0 saturated heterocycles. The SMILES string of the molecule is C#CC(O)c1ccncc1Cl. The van der Waals surface area contributed by atoms with Gasteiger partial charge in [0, 0.05) is 18.0 Å². The van der Waals surface area contributed by atoms with Gasteiger partial charge in [0.25, 0.3) is 0 Å². The first-order valence-electron chi connectivity index (χ1n) is 2.99. The monoisotopic (exact) mass is 167 g/mol. The molecule has 1 unspecified atom stereocenters. The van der Waals surface area contributed by atoms with Crippen molar-refractivity contribution in [1.29, 1.82) is 0 Å². The summed E-state index contributed by atoms with van der Waals surface area (Å²) < 4.78 is 0. The molecule has 1 heterocycles. The Morgan fingerprint density at radius 1 is 1.73 bits per heavy atom. The predicted octanol–water partition coefficient (Wildman–Crippen LogP) is 1.40. The predicted molar refractivity (Wildman–Crippen MR) is 43.0 cm³/mol. The van der Waals surface area contributed by atoms with Crippen LogP contribution in [0.2, 0.25) is 5.02 Å². The van der Waals surface area contributed by atoms with E-state index in [0.29, 0.717) is 10.6 Å². The minimum atomic E-state index is -0.939. The van der Waals surface area contributed by atoms with E-state index in [1.54, 1.807) is 6.07 Å². The fourth-order valence-electron chi connectivity index (χ4n) is 0.697. The van der Waals surface area contributed by atoms with Crippen LogP contribution in [0.1, 0.15) is 11.7 Å². The van der Waals surface area contributed by atoms with Gasteiger partial charge in [-0.2, -0.15) is 0 Å². The van der Waals surface area contributed by atoms with Crippen molar-refractivity contribution in [3.8, 4) is 12.3 Å². The highest BCUT2D eigenvalue weighted by Crippen LogP contribution is 2.20. The summed E-state index contributed by atoms with van der Waals surface area (Å²) in [4.78, 5) is 3.75. The number of hydrogen-bond acceptors (Lipinski definition) is 2. The highest BCUT2D eigenvalue weighted by molar-refractivity contribution is 6.31. The van der Waals surface area contributed by atoms with Gasteiger partial charge < -0.3 is 5.11 Å². The van der Waals surface area contributed by atoms with E-state index in [-0.39, 0.29) is 0 Å². The molecule has 0 fully saturated rings. The fourth-order valence-corrected chi connectivity index (χ4v) is 0.920. The summed E-state index contributed by atoms with van der Waals surface area (Å²) in [5.74, 6) is 2.17. The summed E-state index contributed by atoms with van der Waals surface area (Å²) in [6.07, 6.45) is 7.03. The van der Waals surface area contributed by atoms with Crippen LogP contribution in [0.25, 0.3) is 0 Å². The Hall–Kier alpha value is -1.04. The summed E-state index contributed by atoms with van der Waals surface area (Å²) in [5.41, 5.74) is 0.518. The molecule has 1 aromatic rings. The second-order valence-corrected chi connectivity index (χ2v) is 2.37. The third-order valence-corrected chi connectivity index (χ3v) is 1.57. The van der Waals surface area contributed by atoms with E-state index < -0.39 is 6.10 Å². The van der Waals surface area contributed by atoms with Crippen molar-refractivity contribution >= 4 is 11.6 Å². The van der Waals surface area contributed by atoms with Gasteiger partial charge in [-0.15, -0.1) is 6.42 Å². The lowest BCUT2D eigenvalue weighted by molar-refractivity contribution is 0.238. The minimum Gasteiger partial charge on any atom is -0.376 e. The standard InChI is InChI=1S/C8H6ClNO/c1-2-8(11)6-3-4-10-5-7(6)9/h1,3-5,8,11H. The zero-order chi connectivity index (χ0) is 8.27. The van der Waals surface area contributed by atoms with E-state index >= 15 is 0 Å². The Balaban J connectivity index is 3.05. The molecule has 56 valence electrons. The number of aliphatic hydroxyl groups is 1. The average Bonchev–Trinajstić information content (AvgIpc) is 2.04. The molecule has 0 bridgehead atoms. The zero-order valence-electron chi connectivity index (χ0n) is 5.66. The summed E-state index contributed by atoms with van der Waals surface area (Å²) in [7, 11) is 0. The van der Waals surface area contributed by atoms with Gasteiger partial charge in [0.05, 0.1) is 5.02 Å². The molecule has 3 heteroatoms. The van der Waals surface area contributed by atoms with Crippen LogP contribution in [-0.4, -0.2) is 10.1 Å². The smallest absolute Gasteiger partial charge is 0.141 e. The number of pyridine rings is 1. The third kappa shape index (κ3) is 1.70. The zero-order valence-corrected chi connectivity index (χ0v) is 6.42. The van der Waals surface area contributed by atoms with E-state index in [9.17, 15) is 0 Å². The molecular formula is C8H6ClNO. The van der Waals surface area contributed by atoms with Crippen LogP contribution in [0.4, 0.5) is 0 Å². The Kier molecular flexibility index (Phi) is 2.48. The highest BCUT2D eigenvalue weighted by atomic mass is 35.5. The number of rotatable bonds is 1. The maximum Gasteiger partial charge on any atom is 0.141 e. The van der Waals surface area contributed by atoms with Crippen molar-refractivity contribution in [3.05, 3.63) is 29.0 Å². The highest BCUT2D eigenvalue weighted by Gasteiger charge is 2.06. The lowest BCUT2D eigenvalue weighted by Crippen LogP contribution is -1.94. The summed E-state index contributed by atoms with van der Waals surface area (Å²) in [5, 5.41) is 9.55. The van der Waals surface area contributed by atoms with E-state index in [0.717, 1.165) is 0 Å². The first kappa shape index (κ1) is 8.06. The number of hydrogen-bond donors (Lipinski definition) is 1. The van der Waals surface area contributed by atoms with Gasteiger partial charge in [-0.05, 0) is 6.07 Å². The molecule has 0 radical (unpaired) electrons. The van der Waals surface area contributed by atoms with Crippen LogP contribution in [0.3, 0.4) is 0 Å². The van der Waals surface area contributed by atoms with Crippen LogP contribution < -0.4 is 0 Å². The normalized spacial score (nSPS) is 12.1. The van der Waals surface area contributed by atoms with Crippen molar-refractivity contribution in [3.63, 3.8) is 0 Å². The molecule has 1 N–H and O–H groups in total. The van der Waals surface area contributed by atoms with Gasteiger partial charge in [-0.25, -0.2) is 0 Å². The molecule has 0 aliphatic carbocycles. The van der Waals surface area contributed by atoms with Crippen LogP contribution in [0, 0.1) is 12.3 Å². The van der Waals surface area contributed by atoms with Gasteiger partial charge in [0.15, 0.2) is 0 Å². The number of aliphatic hydroxyl groups excluding tert-OH is 1. The Morgan fingerprint density at radius 3 is 3.00 bits per heavy atom. The fraction of sp³-hybridized carbons (Fsp3) is 0.125. The summed E-state index contributed by atoms with van der Waals surface area (Å²) in [6.45, 7) is 0. The van der Waals surface area contributed by atoms with Crippen molar-refractivity contribution < 1.29 is 5.11 Å². The molecule has 1 rings (SSSR count). The minimum absolute atomic E-state index is 0.387. The van der Waals surface area contributed by atoms with Crippen molar-refractivity contribution in [1.82, 2.24) is 4.98 Å². The van der Waals surface area contributed by atoms with E-state index in [2.05, 4.69) is 10.9 Å². The van der Waals surface area contributed by atoms with Crippen LogP contribution >= 0.6 is 11.6 Å². The van der Waals surface area contributed by atoms with Crippen LogP contribution in [0.5, 0.6) is 0 Å². The van der Waals surface area contributed by atoms with E-state index in [1.807, 2.05) is 0 Å². The maximum absolute atomic E-state index is 9.16. The van der Waals surface area contributed by atoms with E-state index in [4.69, 9.17) is 23.1 Å². The Morgan fingerprint density at radius 2 is 2.45 bits per heavy atom. The average molecular weight is 168 g/mol. The maximum atomic E-state index is 9.16. The topological polar surface area (TPSA) is 33.1 Å². The van der Waals surface area contributed by atoms with Gasteiger partial charge in [-0.1, -0.05) is 17.5 Å². The molecule has 11 heavy (non-hydrogen) atoms. The van der Waals surface area contributed by atoms with Gasteiger partial charge in [-0.3, -0.25) is 4.98 Å². The summed E-state index contributed by atoms with van der Waals surface area (Å²) >= 11 is 5.68. The summed E-state index contributed by atoms with van der Waals surface area (Å²) in [6, 6.07) is 1.59. The first-order chi connectivity index (χ1) is 5.25. The molecule has 0 spiro atoms. The first-order valence-corrected chi connectivity index (χ1v) is 3.37. The second kappa shape index (κ2) is 3.38. The van der Waals surface area contributed by atoms with Crippen LogP contribution in [-0.2, 0) is 0 Å². The number of halogens is 1. The Labute approximate surface area is 69.8 Å². The largest absolute Gasteiger partial charge is 0.376 e. The number of aromatic nitrogens is 1. The van der Waals surface area contributed by atoms with Crippen molar-refractivity contribution in [2.75, 3.05) is 0 Å². The molecule has 0 saturated carbocycles. The van der Waals surface area contributed by atoms with Crippen molar-refractivity contribution in [2.45, 2.75) is 6.10 Å². The van der Waals surface area contributed by atoms with Gasteiger partial charge >= 0.3 is 0 Å². The lowest BCUT2D eigenvalue weighted by Gasteiger charge is -2.03. The van der Waals surface area contributed by atoms with Crippen molar-refractivity contribution in [2.24, 2.45) is 0 Å². The molecule has 1 aromatic heterocycles. The number of terminal acetylenes is 1. The van der Waals surface area contributed by atoms with Gasteiger partial charge in [0.1, 0.15) is 6.10 Å². The lowest BCUT2D eigenvalue weighted by atomic mass is 10.1. The molecular weight excluding hydrogens is 162 g/mol. The molecule has 0 aromatic carbocycles. The third-order valence-electron chi connectivity index (χ3n) is 1.26. The number of nitrogens with zero attached hydrogens (tertiary/aromatic N) is 1. The molecule has 2 nitrogen and oxygen atoms in total. The molecule has 1 atom stereocenters. The molecule has 0 aliphatic rings. The molecule has 0 aliphatic heterocycles. The van der Waals surface area contributed by atoms with Crippen LogP contribution in [0.15, 0.2) is 18.5 Å². The Bertz CT molecular complexity index is 292. The quantitative estimate of drug-likeness (QED) is 0.642. The van der Waals surface area contributed by atoms with Gasteiger partial charge in [0.2, 0.25) is 0 Å².